The molecular weight excluding hydrogens is 411 g/mol. The fourth-order valence-electron chi connectivity index (χ4n) is 2.02. The largest absolute Gasteiger partial charge is 0.449 e. The van der Waals surface area contributed by atoms with E-state index >= 15 is 0 Å². The number of nitrogens with one attached hydrogen (secondary N) is 1. The number of hydrogen-bond donors (Lipinski definition) is 2. The van der Waals surface area contributed by atoms with Crippen molar-refractivity contribution in [1.82, 2.24) is 0 Å². The number of ether oxygens (including phenoxy) is 1. The molecule has 0 aliphatic heterocycles. The maximum absolute atomic E-state index is 12.4. The number of hydrogen-bond acceptors (Lipinski definition) is 5. The lowest BCUT2D eigenvalue weighted by molar-refractivity contribution is -0.123. The predicted octanol–water partition coefficient (Wildman–Crippen LogP) is 3.75. The van der Waals surface area contributed by atoms with Crippen LogP contribution >= 0.6 is 35.0 Å². The lowest BCUT2D eigenvalue weighted by atomic mass is 10.2. The molecule has 142 valence electrons. The van der Waals surface area contributed by atoms with Crippen LogP contribution in [0.2, 0.25) is 10.0 Å². The van der Waals surface area contributed by atoms with Gasteiger partial charge in [0.25, 0.3) is 5.91 Å². The Morgan fingerprint density at radius 1 is 1.19 bits per heavy atom. The number of halogens is 2. The zero-order valence-electron chi connectivity index (χ0n) is 14.2. The van der Waals surface area contributed by atoms with Gasteiger partial charge in [0.05, 0.1) is 22.0 Å². The fourth-order valence-corrected chi connectivity index (χ4v) is 3.13. The van der Waals surface area contributed by atoms with Crippen LogP contribution in [-0.4, -0.2) is 29.6 Å². The summed E-state index contributed by atoms with van der Waals surface area (Å²) in [6, 6.07) is 11.2. The Balaban J connectivity index is 2.05. The molecule has 2 aromatic rings. The highest BCUT2D eigenvalue weighted by Crippen LogP contribution is 2.26. The molecular formula is C18H16Cl2N2O4S. The summed E-state index contributed by atoms with van der Waals surface area (Å²) in [5, 5.41) is 3.27. The Bertz CT molecular complexity index is 876. The molecule has 0 spiro atoms. The van der Waals surface area contributed by atoms with Crippen molar-refractivity contribution < 1.29 is 19.1 Å². The van der Waals surface area contributed by atoms with Gasteiger partial charge >= 0.3 is 5.97 Å². The first-order chi connectivity index (χ1) is 12.8. The van der Waals surface area contributed by atoms with E-state index in [-0.39, 0.29) is 11.3 Å². The van der Waals surface area contributed by atoms with E-state index < -0.39 is 23.9 Å². The van der Waals surface area contributed by atoms with Gasteiger partial charge < -0.3 is 15.8 Å². The molecule has 1 atom stereocenters. The number of anilines is 1. The number of primary amides is 1. The first-order valence-corrected chi connectivity index (χ1v) is 9.49. The molecule has 0 saturated carbocycles. The summed E-state index contributed by atoms with van der Waals surface area (Å²) in [6.07, 6.45) is -1.08. The fraction of sp³-hybridized carbons (Fsp3) is 0.167. The quantitative estimate of drug-likeness (QED) is 0.518. The minimum Gasteiger partial charge on any atom is -0.449 e. The summed E-state index contributed by atoms with van der Waals surface area (Å²) in [5.41, 5.74) is 5.69. The number of rotatable bonds is 7. The summed E-state index contributed by atoms with van der Waals surface area (Å²) < 4.78 is 5.23. The molecule has 6 nitrogen and oxygen atoms in total. The molecule has 2 rings (SSSR count). The minimum absolute atomic E-state index is 0.0214. The van der Waals surface area contributed by atoms with E-state index in [0.717, 1.165) is 11.8 Å². The summed E-state index contributed by atoms with van der Waals surface area (Å²) in [4.78, 5) is 36.2. The van der Waals surface area contributed by atoms with Crippen molar-refractivity contribution in [3.05, 3.63) is 58.1 Å². The number of carbonyl (C=O) groups is 3. The zero-order valence-corrected chi connectivity index (χ0v) is 16.5. The highest BCUT2D eigenvalue weighted by molar-refractivity contribution is 8.00. The molecule has 2 amide bonds. The van der Waals surface area contributed by atoms with Gasteiger partial charge in [-0.2, -0.15) is 0 Å². The third-order valence-corrected chi connectivity index (χ3v) is 4.98. The molecule has 0 aliphatic rings. The SMILES string of the molecule is CC(OC(=O)c1ccccc1SCC(N)=O)C(=O)Nc1cc(Cl)ccc1Cl. The zero-order chi connectivity index (χ0) is 20.0. The molecule has 2 aromatic carbocycles. The van der Waals surface area contributed by atoms with E-state index in [9.17, 15) is 14.4 Å². The smallest absolute Gasteiger partial charge is 0.340 e. The molecule has 0 aliphatic carbocycles. The average Bonchev–Trinajstić information content (AvgIpc) is 2.63. The minimum atomic E-state index is -1.08. The second-order valence-corrected chi connectivity index (χ2v) is 7.27. The van der Waals surface area contributed by atoms with E-state index in [1.54, 1.807) is 36.4 Å². The first-order valence-electron chi connectivity index (χ1n) is 7.75. The van der Waals surface area contributed by atoms with Gasteiger partial charge in [0.15, 0.2) is 6.10 Å². The summed E-state index contributed by atoms with van der Waals surface area (Å²) in [7, 11) is 0. The summed E-state index contributed by atoms with van der Waals surface area (Å²) in [6.45, 7) is 1.44. The van der Waals surface area contributed by atoms with Crippen molar-refractivity contribution in [3.8, 4) is 0 Å². The number of thioether (sulfide) groups is 1. The van der Waals surface area contributed by atoms with Crippen molar-refractivity contribution in [2.75, 3.05) is 11.1 Å². The number of amides is 2. The lowest BCUT2D eigenvalue weighted by Crippen LogP contribution is -2.30. The van der Waals surface area contributed by atoms with Gasteiger partial charge in [-0.1, -0.05) is 35.3 Å². The van der Waals surface area contributed by atoms with E-state index in [1.807, 2.05) is 0 Å². The van der Waals surface area contributed by atoms with Crippen molar-refractivity contribution in [3.63, 3.8) is 0 Å². The van der Waals surface area contributed by atoms with Gasteiger partial charge in [-0.3, -0.25) is 9.59 Å². The van der Waals surface area contributed by atoms with Crippen LogP contribution in [0.1, 0.15) is 17.3 Å². The number of carbonyl (C=O) groups excluding carboxylic acids is 3. The Hall–Kier alpha value is -2.22. The van der Waals surface area contributed by atoms with E-state index in [0.29, 0.717) is 20.6 Å². The molecule has 0 radical (unpaired) electrons. The van der Waals surface area contributed by atoms with E-state index in [2.05, 4.69) is 5.32 Å². The van der Waals surface area contributed by atoms with Gasteiger partial charge in [-0.15, -0.1) is 11.8 Å². The van der Waals surface area contributed by atoms with Gasteiger partial charge in [0.2, 0.25) is 5.91 Å². The summed E-state index contributed by atoms with van der Waals surface area (Å²) >= 11 is 13.0. The van der Waals surface area contributed by atoms with Crippen LogP contribution in [0.5, 0.6) is 0 Å². The highest BCUT2D eigenvalue weighted by Gasteiger charge is 2.21. The van der Waals surface area contributed by atoms with Gasteiger partial charge in [-0.05, 0) is 37.3 Å². The summed E-state index contributed by atoms with van der Waals surface area (Å²) in [5.74, 6) is -1.74. The number of nitrogens with two attached hydrogens (primary N) is 1. The van der Waals surface area contributed by atoms with Crippen molar-refractivity contribution in [2.24, 2.45) is 5.73 Å². The molecule has 0 heterocycles. The lowest BCUT2D eigenvalue weighted by Gasteiger charge is -2.15. The van der Waals surface area contributed by atoms with Crippen molar-refractivity contribution in [1.29, 1.82) is 0 Å². The normalized spacial score (nSPS) is 11.5. The third kappa shape index (κ3) is 6.16. The average molecular weight is 427 g/mol. The highest BCUT2D eigenvalue weighted by atomic mass is 35.5. The van der Waals surface area contributed by atoms with Crippen LogP contribution in [0.15, 0.2) is 47.4 Å². The Labute approximate surface area is 170 Å². The van der Waals surface area contributed by atoms with Crippen LogP contribution < -0.4 is 11.1 Å². The van der Waals surface area contributed by atoms with Crippen LogP contribution in [-0.2, 0) is 14.3 Å². The molecule has 27 heavy (non-hydrogen) atoms. The first kappa shape index (κ1) is 21.1. The molecule has 0 fully saturated rings. The van der Waals surface area contributed by atoms with Crippen LogP contribution in [0, 0.1) is 0 Å². The Kier molecular flexibility index (Phi) is 7.53. The topological polar surface area (TPSA) is 98.5 Å². The maximum atomic E-state index is 12.4. The second kappa shape index (κ2) is 9.64. The van der Waals surface area contributed by atoms with E-state index in [4.69, 9.17) is 33.7 Å². The molecule has 3 N–H and O–H groups in total. The Morgan fingerprint density at radius 3 is 2.59 bits per heavy atom. The van der Waals surface area contributed by atoms with Crippen LogP contribution in [0.4, 0.5) is 5.69 Å². The second-order valence-electron chi connectivity index (χ2n) is 5.41. The van der Waals surface area contributed by atoms with Crippen molar-refractivity contribution >= 4 is 58.4 Å². The predicted molar refractivity (Wildman–Crippen MR) is 106 cm³/mol. The van der Waals surface area contributed by atoms with Crippen LogP contribution in [0.3, 0.4) is 0 Å². The number of esters is 1. The Morgan fingerprint density at radius 2 is 1.89 bits per heavy atom. The molecule has 0 aromatic heterocycles. The molecule has 0 saturated heterocycles. The maximum Gasteiger partial charge on any atom is 0.340 e. The third-order valence-electron chi connectivity index (χ3n) is 3.32. The monoisotopic (exact) mass is 426 g/mol. The van der Waals surface area contributed by atoms with Crippen LogP contribution in [0.25, 0.3) is 0 Å². The van der Waals surface area contributed by atoms with Crippen molar-refractivity contribution in [2.45, 2.75) is 17.9 Å². The van der Waals surface area contributed by atoms with Gasteiger partial charge in [0, 0.05) is 9.92 Å². The van der Waals surface area contributed by atoms with Gasteiger partial charge in [-0.25, -0.2) is 4.79 Å². The van der Waals surface area contributed by atoms with Gasteiger partial charge in [0.1, 0.15) is 0 Å². The number of benzene rings is 2. The molecule has 0 bridgehead atoms. The molecule has 9 heteroatoms. The molecule has 1 unspecified atom stereocenters. The van der Waals surface area contributed by atoms with E-state index in [1.165, 1.54) is 13.0 Å². The standard InChI is InChI=1S/C18H16Cl2N2O4S/c1-10(17(24)22-14-8-11(19)6-7-13(14)20)26-18(25)12-4-2-3-5-15(12)27-9-16(21)23/h2-8,10H,9H2,1H3,(H2,21,23)(H,22,24).